The Kier molecular flexibility index (Phi) is 6.05. The average molecular weight is 379 g/mol. The molecule has 0 amide bonds. The monoisotopic (exact) mass is 379 g/mol. The second kappa shape index (κ2) is 8.66. The third-order valence-corrected chi connectivity index (χ3v) is 5.17. The van der Waals surface area contributed by atoms with Gasteiger partial charge in [-0.25, -0.2) is 4.79 Å². The Morgan fingerprint density at radius 3 is 2.57 bits per heavy atom. The highest BCUT2D eigenvalue weighted by Gasteiger charge is 2.23. The molecular weight excluding hydrogens is 354 g/mol. The van der Waals surface area contributed by atoms with Gasteiger partial charge in [-0.2, -0.15) is 5.26 Å². The van der Waals surface area contributed by atoms with Crippen LogP contribution in [0.1, 0.15) is 34.3 Å². The van der Waals surface area contributed by atoms with Gasteiger partial charge in [0.25, 0.3) is 0 Å². The fourth-order valence-corrected chi connectivity index (χ4v) is 3.62. The van der Waals surface area contributed by atoms with Gasteiger partial charge < -0.3 is 19.7 Å². The quantitative estimate of drug-likeness (QED) is 0.798. The first kappa shape index (κ1) is 19.6. The lowest BCUT2D eigenvalue weighted by molar-refractivity contribution is 0.0600. The number of benzene rings is 2. The summed E-state index contributed by atoms with van der Waals surface area (Å²) in [5, 5.41) is 12.8. The van der Waals surface area contributed by atoms with Gasteiger partial charge in [-0.15, -0.1) is 0 Å². The second-order valence-corrected chi connectivity index (χ2v) is 6.89. The van der Waals surface area contributed by atoms with Crippen molar-refractivity contribution in [3.05, 3.63) is 53.1 Å². The van der Waals surface area contributed by atoms with Gasteiger partial charge in [-0.1, -0.05) is 12.1 Å². The largest absolute Gasteiger partial charge is 0.495 e. The number of hydrogen-bond acceptors (Lipinski definition) is 6. The van der Waals surface area contributed by atoms with Crippen molar-refractivity contribution < 1.29 is 14.3 Å². The van der Waals surface area contributed by atoms with Gasteiger partial charge in [0, 0.05) is 19.1 Å². The van der Waals surface area contributed by atoms with E-state index >= 15 is 0 Å². The summed E-state index contributed by atoms with van der Waals surface area (Å²) in [6, 6.07) is 13.9. The Balaban J connectivity index is 1.72. The van der Waals surface area contributed by atoms with Crippen LogP contribution >= 0.6 is 0 Å². The van der Waals surface area contributed by atoms with Crippen LogP contribution in [0.2, 0.25) is 0 Å². The molecule has 2 aromatic carbocycles. The van der Waals surface area contributed by atoms with Crippen LogP contribution in [0.15, 0.2) is 36.4 Å². The third-order valence-electron chi connectivity index (χ3n) is 5.17. The van der Waals surface area contributed by atoms with E-state index in [2.05, 4.69) is 16.3 Å². The highest BCUT2D eigenvalue weighted by Crippen LogP contribution is 2.31. The minimum Gasteiger partial charge on any atom is -0.495 e. The molecule has 1 aliphatic rings. The second-order valence-electron chi connectivity index (χ2n) is 6.89. The minimum atomic E-state index is -0.355. The van der Waals surface area contributed by atoms with E-state index in [1.165, 1.54) is 7.11 Å². The van der Waals surface area contributed by atoms with Crippen molar-refractivity contribution in [1.82, 2.24) is 0 Å². The Morgan fingerprint density at radius 2 is 1.93 bits per heavy atom. The molecule has 1 saturated heterocycles. The van der Waals surface area contributed by atoms with E-state index in [0.717, 1.165) is 42.9 Å². The zero-order chi connectivity index (χ0) is 20.1. The maximum atomic E-state index is 12.0. The van der Waals surface area contributed by atoms with E-state index in [4.69, 9.17) is 9.47 Å². The summed E-state index contributed by atoms with van der Waals surface area (Å²) in [7, 11) is 3.01. The van der Waals surface area contributed by atoms with Crippen LogP contribution in [0, 0.1) is 18.3 Å². The summed E-state index contributed by atoms with van der Waals surface area (Å²) >= 11 is 0. The molecule has 0 aliphatic carbocycles. The molecule has 1 aliphatic heterocycles. The topological polar surface area (TPSA) is 74.6 Å². The molecule has 0 aromatic heterocycles. The summed E-state index contributed by atoms with van der Waals surface area (Å²) < 4.78 is 10.4. The number of carbonyl (C=O) groups excluding carboxylic acids is 1. The molecule has 3 rings (SSSR count). The maximum Gasteiger partial charge on any atom is 0.338 e. The van der Waals surface area contributed by atoms with E-state index < -0.39 is 0 Å². The van der Waals surface area contributed by atoms with E-state index in [-0.39, 0.29) is 12.0 Å². The molecule has 2 aromatic rings. The lowest BCUT2D eigenvalue weighted by Crippen LogP contribution is -2.39. The van der Waals surface area contributed by atoms with Crippen LogP contribution in [0.5, 0.6) is 5.75 Å². The minimum absolute atomic E-state index is 0.257. The predicted molar refractivity (Wildman–Crippen MR) is 109 cm³/mol. The standard InChI is InChI=1S/C22H25N3O3/c1-15-12-21(27-2)19(13-18(15)22(26)28-3)24-17-8-10-25(11-9-17)20-7-5-4-6-16(20)14-23/h4-7,12-13,17,24H,8-11H2,1-3H3. The van der Waals surface area contributed by atoms with Crippen LogP contribution in [-0.2, 0) is 4.74 Å². The third kappa shape index (κ3) is 4.04. The maximum absolute atomic E-state index is 12.0. The molecule has 1 heterocycles. The lowest BCUT2D eigenvalue weighted by atomic mass is 10.0. The van der Waals surface area contributed by atoms with E-state index in [1.807, 2.05) is 37.3 Å². The first-order valence-corrected chi connectivity index (χ1v) is 9.35. The van der Waals surface area contributed by atoms with Crippen LogP contribution in [0.3, 0.4) is 0 Å². The van der Waals surface area contributed by atoms with Crippen LogP contribution in [0.4, 0.5) is 11.4 Å². The molecule has 1 N–H and O–H groups in total. The number of nitrogens with one attached hydrogen (secondary N) is 1. The van der Waals surface area contributed by atoms with Crippen molar-refractivity contribution in [2.24, 2.45) is 0 Å². The first-order chi connectivity index (χ1) is 13.6. The number of ether oxygens (including phenoxy) is 2. The molecular formula is C22H25N3O3. The van der Waals surface area contributed by atoms with Gasteiger partial charge in [-0.05, 0) is 49.6 Å². The van der Waals surface area contributed by atoms with Crippen LogP contribution < -0.4 is 15.0 Å². The molecule has 0 unspecified atom stereocenters. The van der Waals surface area contributed by atoms with E-state index in [1.54, 1.807) is 13.2 Å². The average Bonchev–Trinajstić information content (AvgIpc) is 2.74. The number of anilines is 2. The van der Waals surface area contributed by atoms with Crippen LogP contribution in [-0.4, -0.2) is 39.3 Å². The Morgan fingerprint density at radius 1 is 1.21 bits per heavy atom. The van der Waals surface area contributed by atoms with Crippen molar-refractivity contribution in [1.29, 1.82) is 5.26 Å². The molecule has 0 bridgehead atoms. The van der Waals surface area contributed by atoms with Crippen molar-refractivity contribution in [2.75, 3.05) is 37.5 Å². The number of hydrogen-bond donors (Lipinski definition) is 1. The van der Waals surface area contributed by atoms with Crippen molar-refractivity contribution >= 4 is 17.3 Å². The Labute approximate surface area is 165 Å². The van der Waals surface area contributed by atoms with Crippen molar-refractivity contribution in [3.8, 4) is 11.8 Å². The fourth-order valence-electron chi connectivity index (χ4n) is 3.62. The van der Waals surface area contributed by atoms with Gasteiger partial charge >= 0.3 is 5.97 Å². The van der Waals surface area contributed by atoms with Gasteiger partial charge in [0.2, 0.25) is 0 Å². The molecule has 6 heteroatoms. The molecule has 1 fully saturated rings. The van der Waals surface area contributed by atoms with Crippen molar-refractivity contribution in [3.63, 3.8) is 0 Å². The Hall–Kier alpha value is -3.20. The molecule has 6 nitrogen and oxygen atoms in total. The van der Waals surface area contributed by atoms with E-state index in [0.29, 0.717) is 16.9 Å². The van der Waals surface area contributed by atoms with Crippen molar-refractivity contribution in [2.45, 2.75) is 25.8 Å². The number of nitriles is 1. The molecule has 0 saturated carbocycles. The highest BCUT2D eigenvalue weighted by atomic mass is 16.5. The summed E-state index contributed by atoms with van der Waals surface area (Å²) in [6.07, 6.45) is 1.84. The zero-order valence-electron chi connectivity index (χ0n) is 16.5. The summed E-state index contributed by atoms with van der Waals surface area (Å²) in [6.45, 7) is 3.58. The summed E-state index contributed by atoms with van der Waals surface area (Å²) in [5.41, 5.74) is 3.84. The normalized spacial score (nSPS) is 14.3. The van der Waals surface area contributed by atoms with Gasteiger partial charge in [0.15, 0.2) is 0 Å². The van der Waals surface area contributed by atoms with E-state index in [9.17, 15) is 10.1 Å². The number of aryl methyl sites for hydroxylation is 1. The smallest absolute Gasteiger partial charge is 0.338 e. The van der Waals surface area contributed by atoms with Gasteiger partial charge in [0.1, 0.15) is 11.8 Å². The molecule has 0 radical (unpaired) electrons. The number of nitrogens with zero attached hydrogens (tertiary/aromatic N) is 2. The summed E-state index contributed by atoms with van der Waals surface area (Å²) in [5.74, 6) is 0.355. The number of para-hydroxylation sites is 1. The fraction of sp³-hybridized carbons (Fsp3) is 0.364. The predicted octanol–water partition coefficient (Wildman–Crippen LogP) is 3.74. The lowest BCUT2D eigenvalue weighted by Gasteiger charge is -2.35. The van der Waals surface area contributed by atoms with Gasteiger partial charge in [-0.3, -0.25) is 0 Å². The van der Waals surface area contributed by atoms with Crippen LogP contribution in [0.25, 0.3) is 0 Å². The zero-order valence-corrected chi connectivity index (χ0v) is 16.5. The molecule has 0 atom stereocenters. The Bertz CT molecular complexity index is 896. The number of rotatable bonds is 5. The number of esters is 1. The number of methoxy groups -OCH3 is 2. The highest BCUT2D eigenvalue weighted by molar-refractivity contribution is 5.93. The molecule has 0 spiro atoms. The molecule has 146 valence electrons. The SMILES string of the molecule is COC(=O)c1cc(NC2CCN(c3ccccc3C#N)CC2)c(OC)cc1C. The van der Waals surface area contributed by atoms with Gasteiger partial charge in [0.05, 0.1) is 36.7 Å². The summed E-state index contributed by atoms with van der Waals surface area (Å²) in [4.78, 5) is 14.3. The molecule has 28 heavy (non-hydrogen) atoms. The first-order valence-electron chi connectivity index (χ1n) is 9.35. The number of carbonyl (C=O) groups is 1. The number of piperidine rings is 1.